The summed E-state index contributed by atoms with van der Waals surface area (Å²) in [4.78, 5) is 12.9. The zero-order valence-electron chi connectivity index (χ0n) is 17.4. The van der Waals surface area contributed by atoms with Gasteiger partial charge in [0.25, 0.3) is 26.1 Å². The second-order valence-corrected chi connectivity index (χ2v) is 12.6. The fourth-order valence-corrected chi connectivity index (χ4v) is 7.38. The molecule has 1 aromatic heterocycles. The Morgan fingerprint density at radius 3 is 2.34 bits per heavy atom. The fourth-order valence-electron chi connectivity index (χ4n) is 3.26. The number of benzene rings is 1. The van der Waals surface area contributed by atoms with Gasteiger partial charge in [0.2, 0.25) is 0 Å². The number of sulfonamides is 1. The number of hydroxylamine groups is 1. The first-order valence-corrected chi connectivity index (χ1v) is 13.1. The van der Waals surface area contributed by atoms with Gasteiger partial charge in [-0.15, -0.1) is 11.3 Å². The number of carbonyl (C=O) groups excluding carboxylic acids is 1. The maximum absolute atomic E-state index is 13.3. The Hall–Kier alpha value is -1.91. The molecule has 1 fully saturated rings. The average Bonchev–Trinajstić information content (AvgIpc) is 3.29. The third-order valence-corrected chi connectivity index (χ3v) is 10.5. The van der Waals surface area contributed by atoms with Crippen LogP contribution in [0.3, 0.4) is 0 Å². The molecule has 14 heteroatoms. The van der Waals surface area contributed by atoms with E-state index < -0.39 is 38.7 Å². The third-order valence-electron chi connectivity index (χ3n) is 5.06. The van der Waals surface area contributed by atoms with E-state index in [2.05, 4.69) is 0 Å². The highest BCUT2D eigenvalue weighted by Gasteiger charge is 2.44. The van der Waals surface area contributed by atoms with Gasteiger partial charge in [-0.05, 0) is 23.3 Å². The summed E-state index contributed by atoms with van der Waals surface area (Å²) in [5.74, 6) is -1.02. The molecule has 1 atom stereocenters. The van der Waals surface area contributed by atoms with Crippen molar-refractivity contribution in [3.8, 4) is 10.4 Å². The molecular weight excluding hydrogens is 480 g/mol. The minimum atomic E-state index is -4.15. The van der Waals surface area contributed by atoms with Crippen LogP contribution in [0.2, 0.25) is 0 Å². The van der Waals surface area contributed by atoms with Crippen molar-refractivity contribution in [2.45, 2.75) is 16.9 Å². The molecule has 1 aliphatic heterocycles. The lowest BCUT2D eigenvalue weighted by Crippen LogP contribution is -2.62. The summed E-state index contributed by atoms with van der Waals surface area (Å²) in [5, 5.41) is 18.3. The Bertz CT molecular complexity index is 1180. The standard InChI is InChI=1S/C18H24N4O7S3/c1-20(2)32(28,29)21-9-10-22(15(11-21)18(24)19-25)31(26,27)17-8-7-16(30-17)14-5-3-13(12-23)4-6-14/h3-8,15,23,25H,9-12H2,1-2H3,(H,19,24)/t15-/m1/s1. The van der Waals surface area contributed by atoms with Gasteiger partial charge in [0.1, 0.15) is 10.3 Å². The number of nitrogens with one attached hydrogen (secondary N) is 1. The van der Waals surface area contributed by atoms with E-state index in [1.807, 2.05) is 0 Å². The van der Waals surface area contributed by atoms with Crippen molar-refractivity contribution in [1.82, 2.24) is 18.4 Å². The molecule has 2 aromatic rings. The van der Waals surface area contributed by atoms with Crippen LogP contribution in [0.1, 0.15) is 5.56 Å². The van der Waals surface area contributed by atoms with Crippen LogP contribution in [-0.4, -0.2) is 85.7 Å². The summed E-state index contributed by atoms with van der Waals surface area (Å²) in [6.07, 6.45) is 0. The van der Waals surface area contributed by atoms with Crippen molar-refractivity contribution >= 4 is 37.5 Å². The summed E-state index contributed by atoms with van der Waals surface area (Å²) in [6.45, 7) is -0.942. The van der Waals surface area contributed by atoms with Crippen LogP contribution >= 0.6 is 11.3 Å². The van der Waals surface area contributed by atoms with Crippen LogP contribution in [-0.2, 0) is 31.6 Å². The maximum atomic E-state index is 13.3. The first kappa shape index (κ1) is 24.7. The van der Waals surface area contributed by atoms with Crippen molar-refractivity contribution in [2.75, 3.05) is 33.7 Å². The van der Waals surface area contributed by atoms with Gasteiger partial charge in [-0.3, -0.25) is 10.0 Å². The SMILES string of the molecule is CN(C)S(=O)(=O)N1CCN(S(=O)(=O)c2ccc(-c3ccc(CO)cc3)s2)[C@@H](C(=O)NO)C1. The predicted molar refractivity (Wildman–Crippen MR) is 117 cm³/mol. The van der Waals surface area contributed by atoms with Crippen molar-refractivity contribution in [2.24, 2.45) is 0 Å². The number of nitrogens with zero attached hydrogens (tertiary/aromatic N) is 3. The molecule has 3 N–H and O–H groups in total. The third kappa shape index (κ3) is 4.72. The van der Waals surface area contributed by atoms with Gasteiger partial charge < -0.3 is 5.11 Å². The van der Waals surface area contributed by atoms with Gasteiger partial charge in [0.15, 0.2) is 0 Å². The normalized spacial score (nSPS) is 18.7. The lowest BCUT2D eigenvalue weighted by atomic mass is 10.1. The van der Waals surface area contributed by atoms with E-state index in [1.54, 1.807) is 30.3 Å². The Kier molecular flexibility index (Phi) is 7.36. The largest absolute Gasteiger partial charge is 0.392 e. The topological polar surface area (TPSA) is 148 Å². The van der Waals surface area contributed by atoms with Crippen molar-refractivity contribution in [1.29, 1.82) is 0 Å². The first-order chi connectivity index (χ1) is 15.0. The molecule has 1 saturated heterocycles. The smallest absolute Gasteiger partial charge is 0.281 e. The number of amides is 1. The number of hydrogen-bond acceptors (Lipinski definition) is 8. The molecule has 1 amide bonds. The number of aliphatic hydroxyl groups is 1. The molecule has 0 radical (unpaired) electrons. The summed E-state index contributed by atoms with van der Waals surface area (Å²) < 4.78 is 54.4. The number of thiophene rings is 1. The number of piperazine rings is 1. The lowest BCUT2D eigenvalue weighted by molar-refractivity contribution is -0.134. The second kappa shape index (κ2) is 9.52. The molecule has 0 aliphatic carbocycles. The van der Waals surface area contributed by atoms with Gasteiger partial charge in [-0.1, -0.05) is 24.3 Å². The zero-order chi connectivity index (χ0) is 23.7. The Labute approximate surface area is 190 Å². The maximum Gasteiger partial charge on any atom is 0.281 e. The quantitative estimate of drug-likeness (QED) is 0.352. The van der Waals surface area contributed by atoms with Crippen LogP contribution in [0.4, 0.5) is 0 Å². The van der Waals surface area contributed by atoms with E-state index in [9.17, 15) is 21.6 Å². The highest BCUT2D eigenvalue weighted by Crippen LogP contribution is 2.34. The molecule has 2 heterocycles. The summed E-state index contributed by atoms with van der Waals surface area (Å²) in [6, 6.07) is 8.61. The van der Waals surface area contributed by atoms with Crippen molar-refractivity contribution < 1.29 is 31.9 Å². The van der Waals surface area contributed by atoms with Gasteiger partial charge in [0, 0.05) is 38.6 Å². The number of aliphatic hydroxyl groups excluding tert-OH is 1. The number of rotatable bonds is 7. The molecule has 0 bridgehead atoms. The van der Waals surface area contributed by atoms with E-state index in [0.717, 1.165) is 35.4 Å². The van der Waals surface area contributed by atoms with Crippen molar-refractivity contribution in [3.05, 3.63) is 42.0 Å². The van der Waals surface area contributed by atoms with E-state index in [0.29, 0.717) is 4.88 Å². The van der Waals surface area contributed by atoms with Crippen LogP contribution in [0.25, 0.3) is 10.4 Å². The molecule has 11 nitrogen and oxygen atoms in total. The van der Waals surface area contributed by atoms with Crippen LogP contribution < -0.4 is 5.48 Å². The Morgan fingerprint density at radius 2 is 1.78 bits per heavy atom. The summed E-state index contributed by atoms with van der Waals surface area (Å²) in [7, 11) is -5.36. The second-order valence-electron chi connectivity index (χ2n) is 7.23. The fraction of sp³-hybridized carbons (Fsp3) is 0.389. The average molecular weight is 505 g/mol. The molecule has 0 saturated carbocycles. The molecule has 0 spiro atoms. The summed E-state index contributed by atoms with van der Waals surface area (Å²) >= 11 is 1.01. The molecule has 3 rings (SSSR count). The molecule has 32 heavy (non-hydrogen) atoms. The highest BCUT2D eigenvalue weighted by atomic mass is 32.2. The highest BCUT2D eigenvalue weighted by molar-refractivity contribution is 7.91. The Morgan fingerprint density at radius 1 is 1.12 bits per heavy atom. The number of carbonyl (C=O) groups is 1. The molecule has 1 aromatic carbocycles. The van der Waals surface area contributed by atoms with E-state index >= 15 is 0 Å². The van der Waals surface area contributed by atoms with E-state index in [4.69, 9.17) is 10.3 Å². The van der Waals surface area contributed by atoms with E-state index in [-0.39, 0.29) is 23.9 Å². The van der Waals surface area contributed by atoms with Gasteiger partial charge in [0.05, 0.1) is 6.61 Å². The molecule has 1 aliphatic rings. The van der Waals surface area contributed by atoms with Crippen LogP contribution in [0, 0.1) is 0 Å². The predicted octanol–water partition coefficient (Wildman–Crippen LogP) is -0.106. The van der Waals surface area contributed by atoms with Gasteiger partial charge >= 0.3 is 0 Å². The van der Waals surface area contributed by atoms with Gasteiger partial charge in [-0.2, -0.15) is 21.3 Å². The zero-order valence-corrected chi connectivity index (χ0v) is 19.8. The number of hydrogen-bond donors (Lipinski definition) is 3. The molecule has 0 unspecified atom stereocenters. The van der Waals surface area contributed by atoms with E-state index in [1.165, 1.54) is 25.6 Å². The summed E-state index contributed by atoms with van der Waals surface area (Å²) in [5.41, 5.74) is 2.92. The van der Waals surface area contributed by atoms with Crippen LogP contribution in [0.15, 0.2) is 40.6 Å². The van der Waals surface area contributed by atoms with Crippen LogP contribution in [0.5, 0.6) is 0 Å². The minimum Gasteiger partial charge on any atom is -0.392 e. The monoisotopic (exact) mass is 504 g/mol. The van der Waals surface area contributed by atoms with Crippen molar-refractivity contribution in [3.63, 3.8) is 0 Å². The molecule has 176 valence electrons. The van der Waals surface area contributed by atoms with Gasteiger partial charge in [-0.25, -0.2) is 13.9 Å². The molecular formula is C18H24N4O7S3. The lowest BCUT2D eigenvalue weighted by Gasteiger charge is -2.38. The first-order valence-electron chi connectivity index (χ1n) is 9.45. The minimum absolute atomic E-state index is 0.0154. The Balaban J connectivity index is 1.91.